The highest BCUT2D eigenvalue weighted by molar-refractivity contribution is 6.29. The lowest BCUT2D eigenvalue weighted by molar-refractivity contribution is 0.922. The van der Waals surface area contributed by atoms with Crippen LogP contribution in [0.2, 0.25) is 5.15 Å². The van der Waals surface area contributed by atoms with E-state index in [2.05, 4.69) is 36.2 Å². The quantitative estimate of drug-likeness (QED) is 0.716. The topological polar surface area (TPSA) is 12.9 Å². The molecule has 0 unspecified atom stereocenters. The largest absolute Gasteiger partial charge is 0.236 e. The summed E-state index contributed by atoms with van der Waals surface area (Å²) in [5, 5.41) is 0.540. The first kappa shape index (κ1) is 11.2. The van der Waals surface area contributed by atoms with Gasteiger partial charge in [-0.2, -0.15) is 0 Å². The average molecular weight is 232 g/mol. The third-order valence-corrected chi connectivity index (χ3v) is 2.69. The monoisotopic (exact) mass is 231 g/mol. The molecule has 1 aromatic heterocycles. The predicted octanol–water partition coefficient (Wildman–Crippen LogP) is 4.35. The number of nitrogens with zero attached hydrogens (tertiary/aromatic N) is 1. The second kappa shape index (κ2) is 5.13. The normalized spacial score (nSPS) is 10.4. The van der Waals surface area contributed by atoms with Gasteiger partial charge in [0.05, 0.1) is 5.69 Å². The van der Waals surface area contributed by atoms with E-state index in [1.807, 2.05) is 12.1 Å². The minimum absolute atomic E-state index is 0.540. The van der Waals surface area contributed by atoms with E-state index in [-0.39, 0.29) is 0 Å². The highest BCUT2D eigenvalue weighted by Crippen LogP contribution is 2.20. The van der Waals surface area contributed by atoms with Gasteiger partial charge in [0.2, 0.25) is 0 Å². The fourth-order valence-corrected chi connectivity index (χ4v) is 1.91. The molecule has 0 aliphatic heterocycles. The summed E-state index contributed by atoms with van der Waals surface area (Å²) in [5.41, 5.74) is 3.42. The molecular weight excluding hydrogens is 218 g/mol. The van der Waals surface area contributed by atoms with Crippen molar-refractivity contribution in [3.63, 3.8) is 0 Å². The van der Waals surface area contributed by atoms with Gasteiger partial charge in [0.15, 0.2) is 0 Å². The van der Waals surface area contributed by atoms with Gasteiger partial charge >= 0.3 is 0 Å². The number of hydrogen-bond donors (Lipinski definition) is 0. The standard InChI is InChI=1S/C14H14ClN/c1-2-5-11-6-3-7-12(10-11)13-8-4-9-14(15)16-13/h3-4,6-10H,2,5H2,1H3. The molecule has 0 fully saturated rings. The Morgan fingerprint density at radius 3 is 2.69 bits per heavy atom. The van der Waals surface area contributed by atoms with Crippen LogP contribution < -0.4 is 0 Å². The predicted molar refractivity (Wildman–Crippen MR) is 68.7 cm³/mol. The Balaban J connectivity index is 2.36. The molecule has 82 valence electrons. The summed E-state index contributed by atoms with van der Waals surface area (Å²) in [7, 11) is 0. The van der Waals surface area contributed by atoms with Crippen LogP contribution in [-0.4, -0.2) is 4.98 Å². The van der Waals surface area contributed by atoms with E-state index < -0.39 is 0 Å². The number of rotatable bonds is 3. The number of pyridine rings is 1. The van der Waals surface area contributed by atoms with Gasteiger partial charge in [-0.15, -0.1) is 0 Å². The summed E-state index contributed by atoms with van der Waals surface area (Å²) in [6.07, 6.45) is 2.26. The maximum Gasteiger partial charge on any atom is 0.129 e. The second-order valence-corrected chi connectivity index (χ2v) is 4.18. The number of benzene rings is 1. The summed E-state index contributed by atoms with van der Waals surface area (Å²) in [4.78, 5) is 4.31. The number of aryl methyl sites for hydroxylation is 1. The third kappa shape index (κ3) is 2.61. The maximum atomic E-state index is 5.88. The van der Waals surface area contributed by atoms with Crippen LogP contribution in [0, 0.1) is 0 Å². The van der Waals surface area contributed by atoms with E-state index in [1.165, 1.54) is 5.56 Å². The molecular formula is C14H14ClN. The Morgan fingerprint density at radius 2 is 1.94 bits per heavy atom. The SMILES string of the molecule is CCCc1cccc(-c2cccc(Cl)n2)c1. The molecule has 0 atom stereocenters. The maximum absolute atomic E-state index is 5.88. The van der Waals surface area contributed by atoms with Crippen LogP contribution in [-0.2, 0) is 6.42 Å². The van der Waals surface area contributed by atoms with Gasteiger partial charge in [-0.05, 0) is 30.2 Å². The Hall–Kier alpha value is -1.34. The van der Waals surface area contributed by atoms with Gasteiger partial charge in [-0.3, -0.25) is 0 Å². The molecule has 0 amide bonds. The van der Waals surface area contributed by atoms with E-state index in [0.29, 0.717) is 5.15 Å². The summed E-state index contributed by atoms with van der Waals surface area (Å²) >= 11 is 5.88. The average Bonchev–Trinajstić information content (AvgIpc) is 2.30. The summed E-state index contributed by atoms with van der Waals surface area (Å²) in [5.74, 6) is 0. The van der Waals surface area contributed by atoms with Gasteiger partial charge in [0.25, 0.3) is 0 Å². The van der Waals surface area contributed by atoms with Gasteiger partial charge in [-0.25, -0.2) is 4.98 Å². The van der Waals surface area contributed by atoms with Gasteiger partial charge in [0, 0.05) is 5.56 Å². The van der Waals surface area contributed by atoms with Crippen LogP contribution in [0.3, 0.4) is 0 Å². The Kier molecular flexibility index (Phi) is 3.58. The van der Waals surface area contributed by atoms with Crippen molar-refractivity contribution in [2.24, 2.45) is 0 Å². The van der Waals surface area contributed by atoms with Crippen molar-refractivity contribution in [2.45, 2.75) is 19.8 Å². The first-order valence-electron chi connectivity index (χ1n) is 5.51. The molecule has 0 aliphatic carbocycles. The van der Waals surface area contributed by atoms with Gasteiger partial charge < -0.3 is 0 Å². The van der Waals surface area contributed by atoms with Crippen molar-refractivity contribution in [1.29, 1.82) is 0 Å². The van der Waals surface area contributed by atoms with E-state index in [1.54, 1.807) is 6.07 Å². The van der Waals surface area contributed by atoms with Crippen molar-refractivity contribution in [3.05, 3.63) is 53.2 Å². The third-order valence-electron chi connectivity index (χ3n) is 2.48. The van der Waals surface area contributed by atoms with Crippen molar-refractivity contribution >= 4 is 11.6 Å². The molecule has 2 heteroatoms. The zero-order valence-corrected chi connectivity index (χ0v) is 10.0. The number of aromatic nitrogens is 1. The zero-order chi connectivity index (χ0) is 11.4. The fraction of sp³-hybridized carbons (Fsp3) is 0.214. The molecule has 0 N–H and O–H groups in total. The Labute approximate surface area is 101 Å². The van der Waals surface area contributed by atoms with Gasteiger partial charge in [0.1, 0.15) is 5.15 Å². The molecule has 0 spiro atoms. The molecule has 0 saturated heterocycles. The van der Waals surface area contributed by atoms with E-state index in [9.17, 15) is 0 Å². The fourth-order valence-electron chi connectivity index (χ4n) is 1.74. The second-order valence-electron chi connectivity index (χ2n) is 3.80. The number of hydrogen-bond acceptors (Lipinski definition) is 1. The van der Waals surface area contributed by atoms with Crippen molar-refractivity contribution in [1.82, 2.24) is 4.98 Å². The minimum atomic E-state index is 0.540. The van der Waals surface area contributed by atoms with Crippen molar-refractivity contribution in [3.8, 4) is 11.3 Å². The summed E-state index contributed by atoms with van der Waals surface area (Å²) < 4.78 is 0. The minimum Gasteiger partial charge on any atom is -0.236 e. The molecule has 0 bridgehead atoms. The highest BCUT2D eigenvalue weighted by Gasteiger charge is 2.00. The van der Waals surface area contributed by atoms with Crippen molar-refractivity contribution < 1.29 is 0 Å². The lowest BCUT2D eigenvalue weighted by Crippen LogP contribution is -1.87. The molecule has 2 aromatic rings. The van der Waals surface area contributed by atoms with E-state index in [0.717, 1.165) is 24.1 Å². The van der Waals surface area contributed by atoms with E-state index in [4.69, 9.17) is 11.6 Å². The van der Waals surface area contributed by atoms with Crippen LogP contribution >= 0.6 is 11.6 Å². The van der Waals surface area contributed by atoms with E-state index >= 15 is 0 Å². The van der Waals surface area contributed by atoms with Crippen molar-refractivity contribution in [2.75, 3.05) is 0 Å². The molecule has 0 radical (unpaired) electrons. The van der Waals surface area contributed by atoms with Crippen LogP contribution in [0.5, 0.6) is 0 Å². The van der Waals surface area contributed by atoms with Crippen LogP contribution in [0.4, 0.5) is 0 Å². The highest BCUT2D eigenvalue weighted by atomic mass is 35.5. The van der Waals surface area contributed by atoms with Crippen LogP contribution in [0.15, 0.2) is 42.5 Å². The summed E-state index contributed by atoms with van der Waals surface area (Å²) in [6, 6.07) is 14.2. The smallest absolute Gasteiger partial charge is 0.129 e. The first-order valence-corrected chi connectivity index (χ1v) is 5.89. The lowest BCUT2D eigenvalue weighted by atomic mass is 10.0. The molecule has 2 rings (SSSR count). The molecule has 0 aliphatic rings. The molecule has 1 heterocycles. The van der Waals surface area contributed by atoms with Gasteiger partial charge in [-0.1, -0.05) is 49.2 Å². The molecule has 1 nitrogen and oxygen atoms in total. The lowest BCUT2D eigenvalue weighted by Gasteiger charge is -2.04. The molecule has 0 saturated carbocycles. The Morgan fingerprint density at radius 1 is 1.12 bits per heavy atom. The molecule has 16 heavy (non-hydrogen) atoms. The number of halogens is 1. The van der Waals surface area contributed by atoms with Crippen LogP contribution in [0.25, 0.3) is 11.3 Å². The first-order chi connectivity index (χ1) is 7.79. The summed E-state index contributed by atoms with van der Waals surface area (Å²) in [6.45, 7) is 2.18. The Bertz CT molecular complexity index is 480. The van der Waals surface area contributed by atoms with Crippen LogP contribution in [0.1, 0.15) is 18.9 Å². The molecule has 1 aromatic carbocycles. The zero-order valence-electron chi connectivity index (χ0n) is 9.28.